The number of hydrogen-bond acceptors (Lipinski definition) is 5. The maximum atomic E-state index is 13.1. The van der Waals surface area contributed by atoms with Gasteiger partial charge in [0.15, 0.2) is 5.12 Å². The van der Waals surface area contributed by atoms with Gasteiger partial charge < -0.3 is 10.3 Å². The zero-order valence-electron chi connectivity index (χ0n) is 19.1. The van der Waals surface area contributed by atoms with Crippen molar-refractivity contribution in [1.29, 1.82) is 0 Å². The highest BCUT2D eigenvalue weighted by atomic mass is 32.2. The van der Waals surface area contributed by atoms with Crippen LogP contribution in [0.15, 0.2) is 60.8 Å². The number of rotatable bonds is 12. The molecule has 2 amide bonds. The molecule has 180 valence electrons. The zero-order valence-corrected chi connectivity index (χ0v) is 20.8. The predicted octanol–water partition coefficient (Wildman–Crippen LogP) is 3.80. The van der Waals surface area contributed by atoms with E-state index in [2.05, 4.69) is 28.4 Å². The first kappa shape index (κ1) is 25.9. The molecule has 1 heterocycles. The van der Waals surface area contributed by atoms with Crippen LogP contribution in [0.3, 0.4) is 0 Å². The molecule has 2 atom stereocenters. The third kappa shape index (κ3) is 7.65. The summed E-state index contributed by atoms with van der Waals surface area (Å²) in [6, 6.07) is 16.3. The first-order valence-corrected chi connectivity index (χ1v) is 12.4. The minimum absolute atomic E-state index is 0.0241. The summed E-state index contributed by atoms with van der Waals surface area (Å²) in [5.74, 6) is -0.857. The molecule has 0 aliphatic heterocycles. The summed E-state index contributed by atoms with van der Waals surface area (Å²) in [6.45, 7) is 4.09. The Morgan fingerprint density at radius 2 is 1.74 bits per heavy atom. The first-order chi connectivity index (χ1) is 16.3. The number of carbonyl (C=O) groups is 3. The maximum Gasteiger partial charge on any atom is 0.266 e. The van der Waals surface area contributed by atoms with Crippen molar-refractivity contribution < 1.29 is 19.2 Å². The summed E-state index contributed by atoms with van der Waals surface area (Å²) in [7, 11) is 0. The van der Waals surface area contributed by atoms with Crippen LogP contribution in [0.4, 0.5) is 0 Å². The van der Waals surface area contributed by atoms with Crippen molar-refractivity contribution in [3.05, 3.63) is 71.9 Å². The molecule has 1 aromatic heterocycles. The van der Waals surface area contributed by atoms with E-state index in [9.17, 15) is 14.4 Å². The van der Waals surface area contributed by atoms with E-state index in [0.29, 0.717) is 0 Å². The van der Waals surface area contributed by atoms with Crippen molar-refractivity contribution in [1.82, 2.24) is 15.8 Å². The standard InChI is InChI=1S/C25H29N3O4S2/c1-16(2)34-22(13-23(29)33)25(31)27-21(12-18-14-26-20-11-7-6-10-19(18)20)24(30)28-32-15-17-8-4-3-5-9-17/h3-11,14,16,21-22,26H,12-13,15H2,1-2H3,(H,27,31)(H,28,30)(H,29,33)/t21-,22+/m0/s1. The van der Waals surface area contributed by atoms with Gasteiger partial charge in [-0.2, -0.15) is 0 Å². The number of aromatic amines is 1. The van der Waals surface area contributed by atoms with Gasteiger partial charge >= 0.3 is 0 Å². The number of fused-ring (bicyclic) bond motifs is 1. The number of carbonyl (C=O) groups excluding carboxylic acids is 3. The molecular weight excluding hydrogens is 470 g/mol. The molecule has 0 saturated carbocycles. The first-order valence-electron chi connectivity index (χ1n) is 11.0. The second-order valence-corrected chi connectivity index (χ2v) is 10.4. The van der Waals surface area contributed by atoms with Crippen molar-refractivity contribution in [3.8, 4) is 0 Å². The second-order valence-electron chi connectivity index (χ2n) is 8.14. The lowest BCUT2D eigenvalue weighted by Crippen LogP contribution is -2.50. The summed E-state index contributed by atoms with van der Waals surface area (Å²) in [5, 5.41) is 2.90. The number of aromatic nitrogens is 1. The fraction of sp³-hybridized carbons (Fsp3) is 0.320. The highest BCUT2D eigenvalue weighted by Gasteiger charge is 2.28. The van der Waals surface area contributed by atoms with Gasteiger partial charge in [0.05, 0.1) is 11.9 Å². The van der Waals surface area contributed by atoms with E-state index in [-0.39, 0.29) is 35.7 Å². The molecule has 2 aromatic carbocycles. The number of hydroxylamine groups is 1. The summed E-state index contributed by atoms with van der Waals surface area (Å²) in [5.41, 5.74) is 5.20. The number of H-pyrrole nitrogens is 1. The number of thioether (sulfide) groups is 1. The van der Waals surface area contributed by atoms with Crippen LogP contribution in [-0.4, -0.2) is 38.5 Å². The van der Waals surface area contributed by atoms with Crippen LogP contribution in [0.1, 0.15) is 31.4 Å². The van der Waals surface area contributed by atoms with Crippen LogP contribution in [-0.2, 0) is 32.2 Å². The minimum Gasteiger partial charge on any atom is -0.361 e. The average Bonchev–Trinajstić information content (AvgIpc) is 3.21. The number of amides is 2. The van der Waals surface area contributed by atoms with E-state index in [1.165, 1.54) is 11.8 Å². The lowest BCUT2D eigenvalue weighted by Gasteiger charge is -2.22. The summed E-state index contributed by atoms with van der Waals surface area (Å²) in [6.07, 6.45) is 2.06. The van der Waals surface area contributed by atoms with Gasteiger partial charge in [-0.15, -0.1) is 24.4 Å². The Morgan fingerprint density at radius 3 is 2.44 bits per heavy atom. The van der Waals surface area contributed by atoms with Gasteiger partial charge in [0.25, 0.3) is 5.91 Å². The maximum absolute atomic E-state index is 13.1. The van der Waals surface area contributed by atoms with Gasteiger partial charge in [-0.05, 0) is 22.4 Å². The third-order valence-corrected chi connectivity index (χ3v) is 6.51. The molecule has 34 heavy (non-hydrogen) atoms. The van der Waals surface area contributed by atoms with Crippen LogP contribution in [0, 0.1) is 0 Å². The number of thiol groups is 1. The largest absolute Gasteiger partial charge is 0.361 e. The number of nitrogens with one attached hydrogen (secondary N) is 3. The summed E-state index contributed by atoms with van der Waals surface area (Å²) >= 11 is 5.21. The van der Waals surface area contributed by atoms with Crippen LogP contribution in [0.2, 0.25) is 0 Å². The van der Waals surface area contributed by atoms with E-state index >= 15 is 0 Å². The molecule has 0 bridgehead atoms. The molecule has 9 heteroatoms. The van der Waals surface area contributed by atoms with Gasteiger partial charge in [0, 0.05) is 29.9 Å². The monoisotopic (exact) mass is 499 g/mol. The van der Waals surface area contributed by atoms with E-state index in [0.717, 1.165) is 22.0 Å². The van der Waals surface area contributed by atoms with Gasteiger partial charge in [0.2, 0.25) is 5.91 Å². The average molecular weight is 500 g/mol. The lowest BCUT2D eigenvalue weighted by molar-refractivity contribution is -0.139. The predicted molar refractivity (Wildman–Crippen MR) is 138 cm³/mol. The molecule has 3 rings (SSSR count). The van der Waals surface area contributed by atoms with Crippen LogP contribution < -0.4 is 10.8 Å². The molecule has 0 saturated heterocycles. The van der Waals surface area contributed by atoms with Crippen molar-refractivity contribution in [2.24, 2.45) is 0 Å². The molecule has 0 spiro atoms. The third-order valence-electron chi connectivity index (χ3n) is 5.08. The highest BCUT2D eigenvalue weighted by molar-refractivity contribution is 8.01. The quantitative estimate of drug-likeness (QED) is 0.224. The van der Waals surface area contributed by atoms with Crippen molar-refractivity contribution >= 4 is 52.2 Å². The molecule has 0 unspecified atom stereocenters. The van der Waals surface area contributed by atoms with Gasteiger partial charge in [-0.1, -0.05) is 62.4 Å². The van der Waals surface area contributed by atoms with Crippen LogP contribution in [0.25, 0.3) is 10.9 Å². The van der Waals surface area contributed by atoms with Crippen molar-refractivity contribution in [2.75, 3.05) is 0 Å². The molecule has 0 aliphatic carbocycles. The van der Waals surface area contributed by atoms with Crippen LogP contribution >= 0.6 is 24.4 Å². The molecule has 3 aromatic rings. The molecule has 3 N–H and O–H groups in total. The fourth-order valence-electron chi connectivity index (χ4n) is 3.52. The van der Waals surface area contributed by atoms with E-state index < -0.39 is 17.2 Å². The topological polar surface area (TPSA) is 100 Å². The SMILES string of the molecule is CC(C)S[C@H](CC(=O)S)C(=O)N[C@@H](Cc1c[nH]c2ccccc12)C(=O)NOCc1ccccc1. The van der Waals surface area contributed by atoms with Gasteiger partial charge in [0.1, 0.15) is 6.04 Å². The van der Waals surface area contributed by atoms with Gasteiger partial charge in [-0.3, -0.25) is 19.2 Å². The second kappa shape index (κ2) is 12.6. The highest BCUT2D eigenvalue weighted by Crippen LogP contribution is 2.23. The summed E-state index contributed by atoms with van der Waals surface area (Å²) < 4.78 is 0. The van der Waals surface area contributed by atoms with Crippen LogP contribution in [0.5, 0.6) is 0 Å². The van der Waals surface area contributed by atoms with E-state index in [1.807, 2.05) is 74.6 Å². The minimum atomic E-state index is -0.896. The van der Waals surface area contributed by atoms with Crippen molar-refractivity contribution in [3.63, 3.8) is 0 Å². The Labute approximate surface area is 208 Å². The van der Waals surface area contributed by atoms with E-state index in [4.69, 9.17) is 4.84 Å². The smallest absolute Gasteiger partial charge is 0.266 e. The fourth-order valence-corrected chi connectivity index (χ4v) is 4.92. The molecule has 0 fully saturated rings. The van der Waals surface area contributed by atoms with E-state index in [1.54, 1.807) is 0 Å². The van der Waals surface area contributed by atoms with Gasteiger partial charge in [-0.25, -0.2) is 5.48 Å². The molecule has 7 nitrogen and oxygen atoms in total. The molecular formula is C25H29N3O4S2. The number of para-hydroxylation sites is 1. The normalized spacial score (nSPS) is 12.9. The zero-order chi connectivity index (χ0) is 24.5. The Balaban J connectivity index is 1.75. The Kier molecular flexibility index (Phi) is 9.62. The Bertz CT molecular complexity index is 1120. The molecule has 0 radical (unpaired) electrons. The number of hydrogen-bond donors (Lipinski definition) is 4. The Hall–Kier alpha value is -2.75. The lowest BCUT2D eigenvalue weighted by atomic mass is 10.0. The summed E-state index contributed by atoms with van der Waals surface area (Å²) in [4.78, 5) is 46.3. The molecule has 0 aliphatic rings. The number of benzene rings is 2. The Morgan fingerprint density at radius 1 is 1.03 bits per heavy atom. The van der Waals surface area contributed by atoms with Crippen molar-refractivity contribution in [2.45, 2.75) is 49.8 Å².